The van der Waals surface area contributed by atoms with Crippen molar-refractivity contribution in [3.05, 3.63) is 35.6 Å². The predicted octanol–water partition coefficient (Wildman–Crippen LogP) is 1.88. The van der Waals surface area contributed by atoms with Crippen LogP contribution in [0.4, 0.5) is 4.39 Å². The maximum Gasteiger partial charge on any atom is 0.319 e. The van der Waals surface area contributed by atoms with Crippen molar-refractivity contribution in [2.24, 2.45) is 11.3 Å². The molecular formula is C16H18FNO4. The minimum atomic E-state index is -1.22. The van der Waals surface area contributed by atoms with Crippen LogP contribution in [0.5, 0.6) is 0 Å². The highest BCUT2D eigenvalue weighted by molar-refractivity contribution is 6.04. The van der Waals surface area contributed by atoms with E-state index in [1.165, 1.54) is 12.1 Å². The third-order valence-corrected chi connectivity index (χ3v) is 4.53. The summed E-state index contributed by atoms with van der Waals surface area (Å²) < 4.78 is 18.7. The fourth-order valence-corrected chi connectivity index (χ4v) is 2.92. The summed E-state index contributed by atoms with van der Waals surface area (Å²) in [5.74, 6) is -1.70. The lowest BCUT2D eigenvalue weighted by atomic mass is 9.95. The van der Waals surface area contributed by atoms with Gasteiger partial charge in [-0.05, 0) is 37.0 Å². The van der Waals surface area contributed by atoms with E-state index in [1.54, 1.807) is 12.1 Å². The number of ether oxygens (including phenoxy) is 1. The summed E-state index contributed by atoms with van der Waals surface area (Å²) in [6, 6.07) is 6.13. The van der Waals surface area contributed by atoms with Crippen LogP contribution < -0.4 is 5.32 Å². The number of amides is 1. The highest BCUT2D eigenvalue weighted by Crippen LogP contribution is 2.46. The second kappa shape index (κ2) is 5.68. The summed E-state index contributed by atoms with van der Waals surface area (Å²) in [6.07, 6.45) is 1.39. The lowest BCUT2D eigenvalue weighted by Gasteiger charge is -2.20. The highest BCUT2D eigenvalue weighted by atomic mass is 19.1. The van der Waals surface area contributed by atoms with E-state index in [1.807, 2.05) is 0 Å². The van der Waals surface area contributed by atoms with Crippen molar-refractivity contribution < 1.29 is 23.8 Å². The zero-order valence-corrected chi connectivity index (χ0v) is 12.0. The van der Waals surface area contributed by atoms with Crippen LogP contribution in [0.1, 0.15) is 30.9 Å². The Balaban J connectivity index is 1.61. The molecule has 1 amide bonds. The van der Waals surface area contributed by atoms with Crippen molar-refractivity contribution in [1.29, 1.82) is 0 Å². The molecule has 2 N–H and O–H groups in total. The van der Waals surface area contributed by atoms with E-state index in [-0.39, 0.29) is 17.8 Å². The molecule has 1 saturated carbocycles. The van der Waals surface area contributed by atoms with Gasteiger partial charge in [0.2, 0.25) is 5.91 Å². The molecule has 2 fully saturated rings. The van der Waals surface area contributed by atoms with Crippen molar-refractivity contribution in [1.82, 2.24) is 5.32 Å². The largest absolute Gasteiger partial charge is 0.480 e. The lowest BCUT2D eigenvalue weighted by molar-refractivity contribution is -0.149. The van der Waals surface area contributed by atoms with E-state index >= 15 is 0 Å². The fourth-order valence-electron chi connectivity index (χ4n) is 2.92. The maximum absolute atomic E-state index is 13.0. The molecular weight excluding hydrogens is 289 g/mol. The molecule has 22 heavy (non-hydrogen) atoms. The second-order valence-corrected chi connectivity index (χ2v) is 5.99. The smallest absolute Gasteiger partial charge is 0.319 e. The molecule has 0 bridgehead atoms. The van der Waals surface area contributed by atoms with Gasteiger partial charge in [-0.25, -0.2) is 4.39 Å². The van der Waals surface area contributed by atoms with Crippen molar-refractivity contribution >= 4 is 11.9 Å². The Morgan fingerprint density at radius 1 is 1.32 bits per heavy atom. The number of carbonyl (C=O) groups is 2. The number of hydrogen-bond acceptors (Lipinski definition) is 3. The predicted molar refractivity (Wildman–Crippen MR) is 75.5 cm³/mol. The maximum atomic E-state index is 13.0. The van der Waals surface area contributed by atoms with Crippen LogP contribution in [-0.2, 0) is 14.3 Å². The second-order valence-electron chi connectivity index (χ2n) is 5.99. The number of carbonyl (C=O) groups excluding carboxylic acids is 1. The van der Waals surface area contributed by atoms with Crippen LogP contribution in [0.3, 0.4) is 0 Å². The standard InChI is InChI=1S/C16H18FNO4/c17-12-3-1-10(2-4-12)13-11(5-8-22-13)9-18-14(19)16(6-7-16)15(20)21/h1-4,11,13H,5-9H2,(H,18,19)(H,20,21)/t11-,13-/m0/s1. The van der Waals surface area contributed by atoms with E-state index < -0.39 is 17.3 Å². The molecule has 0 aromatic heterocycles. The zero-order valence-electron chi connectivity index (χ0n) is 12.0. The first-order valence-corrected chi connectivity index (χ1v) is 7.42. The molecule has 2 aliphatic rings. The van der Waals surface area contributed by atoms with Crippen LogP contribution in [0, 0.1) is 17.2 Å². The van der Waals surface area contributed by atoms with Crippen molar-refractivity contribution in [2.45, 2.75) is 25.4 Å². The average Bonchev–Trinajstić information content (AvgIpc) is 3.19. The minimum absolute atomic E-state index is 0.0685. The Morgan fingerprint density at radius 3 is 2.59 bits per heavy atom. The summed E-state index contributed by atoms with van der Waals surface area (Å²) in [5, 5.41) is 11.8. The van der Waals surface area contributed by atoms with Crippen LogP contribution in [0.15, 0.2) is 24.3 Å². The van der Waals surface area contributed by atoms with Crippen LogP contribution in [0.25, 0.3) is 0 Å². The van der Waals surface area contributed by atoms with Crippen LogP contribution in [0.2, 0.25) is 0 Å². The lowest BCUT2D eigenvalue weighted by Crippen LogP contribution is -2.39. The number of rotatable bonds is 5. The Hall–Kier alpha value is -1.95. The van der Waals surface area contributed by atoms with Gasteiger partial charge in [0, 0.05) is 19.1 Å². The molecule has 1 aromatic carbocycles. The first-order valence-electron chi connectivity index (χ1n) is 7.42. The number of nitrogens with one attached hydrogen (secondary N) is 1. The van der Waals surface area contributed by atoms with E-state index in [9.17, 15) is 14.0 Å². The normalized spacial score (nSPS) is 25.7. The summed E-state index contributed by atoms with van der Waals surface area (Å²) in [7, 11) is 0. The number of aliphatic carboxylic acids is 1. The first-order chi connectivity index (χ1) is 10.5. The molecule has 1 aromatic rings. The molecule has 0 radical (unpaired) electrons. The SMILES string of the molecule is O=C(O)C1(C(=O)NC[C@@H]2CCO[C@H]2c2ccc(F)cc2)CC1. The van der Waals surface area contributed by atoms with Gasteiger partial charge in [0.15, 0.2) is 0 Å². The zero-order chi connectivity index (χ0) is 15.7. The molecule has 0 spiro atoms. The molecule has 3 rings (SSSR count). The fraction of sp³-hybridized carbons (Fsp3) is 0.500. The number of carboxylic acids is 1. The molecule has 2 atom stereocenters. The number of halogens is 1. The van der Waals surface area contributed by atoms with Crippen LogP contribution >= 0.6 is 0 Å². The van der Waals surface area contributed by atoms with E-state index in [2.05, 4.69) is 5.32 Å². The molecule has 1 aliphatic heterocycles. The van der Waals surface area contributed by atoms with Gasteiger partial charge < -0.3 is 15.2 Å². The Kier molecular flexibility index (Phi) is 3.87. The van der Waals surface area contributed by atoms with E-state index in [0.717, 1.165) is 12.0 Å². The first kappa shape index (κ1) is 15.0. The highest BCUT2D eigenvalue weighted by Gasteiger charge is 2.57. The summed E-state index contributed by atoms with van der Waals surface area (Å²) in [5.41, 5.74) is -0.345. The minimum Gasteiger partial charge on any atom is -0.480 e. The van der Waals surface area contributed by atoms with Gasteiger partial charge in [-0.2, -0.15) is 0 Å². The number of carboxylic acid groups (broad SMARTS) is 1. The van der Waals surface area contributed by atoms with Crippen molar-refractivity contribution in [3.63, 3.8) is 0 Å². The van der Waals surface area contributed by atoms with Crippen molar-refractivity contribution in [3.8, 4) is 0 Å². The van der Waals surface area contributed by atoms with Gasteiger partial charge in [-0.3, -0.25) is 9.59 Å². The summed E-state index contributed by atoms with van der Waals surface area (Å²) in [6.45, 7) is 0.947. The third kappa shape index (κ3) is 2.70. The molecule has 5 nitrogen and oxygen atoms in total. The molecule has 1 saturated heterocycles. The third-order valence-electron chi connectivity index (χ3n) is 4.53. The van der Waals surface area contributed by atoms with E-state index in [0.29, 0.717) is 26.0 Å². The number of hydrogen-bond donors (Lipinski definition) is 2. The molecule has 6 heteroatoms. The van der Waals surface area contributed by atoms with Crippen LogP contribution in [-0.4, -0.2) is 30.1 Å². The molecule has 1 heterocycles. The van der Waals surface area contributed by atoms with Gasteiger partial charge in [-0.15, -0.1) is 0 Å². The molecule has 0 unspecified atom stereocenters. The van der Waals surface area contributed by atoms with Crippen molar-refractivity contribution in [2.75, 3.05) is 13.2 Å². The number of benzene rings is 1. The quantitative estimate of drug-likeness (QED) is 0.815. The van der Waals surface area contributed by atoms with Gasteiger partial charge in [0.1, 0.15) is 11.2 Å². The topological polar surface area (TPSA) is 75.6 Å². The van der Waals surface area contributed by atoms with Gasteiger partial charge >= 0.3 is 5.97 Å². The monoisotopic (exact) mass is 307 g/mol. The summed E-state index contributed by atoms with van der Waals surface area (Å²) >= 11 is 0. The average molecular weight is 307 g/mol. The molecule has 1 aliphatic carbocycles. The van der Waals surface area contributed by atoms with E-state index in [4.69, 9.17) is 9.84 Å². The van der Waals surface area contributed by atoms with Gasteiger partial charge in [0.25, 0.3) is 0 Å². The Morgan fingerprint density at radius 2 is 2.00 bits per heavy atom. The molecule has 118 valence electrons. The van der Waals surface area contributed by atoms with Gasteiger partial charge in [-0.1, -0.05) is 12.1 Å². The Labute approximate surface area is 127 Å². The Bertz CT molecular complexity index is 582. The summed E-state index contributed by atoms with van der Waals surface area (Å²) in [4.78, 5) is 23.1. The van der Waals surface area contributed by atoms with Gasteiger partial charge in [0.05, 0.1) is 6.10 Å².